The van der Waals surface area contributed by atoms with Crippen molar-refractivity contribution < 1.29 is 13.2 Å². The second kappa shape index (κ2) is 11.6. The van der Waals surface area contributed by atoms with Crippen molar-refractivity contribution in [1.82, 2.24) is 14.3 Å². The third-order valence-corrected chi connectivity index (χ3v) is 4.23. The van der Waals surface area contributed by atoms with Gasteiger partial charge in [0.2, 0.25) is 0 Å². The van der Waals surface area contributed by atoms with Gasteiger partial charge in [-0.3, -0.25) is 0 Å². The molecule has 0 fully saturated rings. The van der Waals surface area contributed by atoms with Gasteiger partial charge in [-0.05, 0) is 25.9 Å². The molecule has 0 radical (unpaired) electrons. The Labute approximate surface area is 118 Å². The first-order valence-electron chi connectivity index (χ1n) is 7.04. The Balaban J connectivity index is 3.71. The van der Waals surface area contributed by atoms with E-state index in [9.17, 15) is 8.42 Å². The highest BCUT2D eigenvalue weighted by Gasteiger charge is 2.15. The van der Waals surface area contributed by atoms with E-state index in [1.807, 2.05) is 6.92 Å². The Bertz CT molecular complexity index is 297. The van der Waals surface area contributed by atoms with Crippen LogP contribution >= 0.6 is 0 Å². The minimum Gasteiger partial charge on any atom is -0.380 e. The topological polar surface area (TPSA) is 70.7 Å². The molecule has 0 bridgehead atoms. The Morgan fingerprint density at radius 1 is 1.11 bits per heavy atom. The fourth-order valence-corrected chi connectivity index (χ4v) is 2.36. The van der Waals surface area contributed by atoms with Crippen LogP contribution in [0.3, 0.4) is 0 Å². The maximum Gasteiger partial charge on any atom is 0.279 e. The van der Waals surface area contributed by atoms with Crippen LogP contribution in [0.1, 0.15) is 33.1 Å². The van der Waals surface area contributed by atoms with Crippen LogP contribution in [0.15, 0.2) is 0 Å². The summed E-state index contributed by atoms with van der Waals surface area (Å²) in [5, 5.41) is 3.17. The van der Waals surface area contributed by atoms with Gasteiger partial charge in [0.25, 0.3) is 10.2 Å². The summed E-state index contributed by atoms with van der Waals surface area (Å²) < 4.78 is 32.8. The Hall–Kier alpha value is -0.210. The summed E-state index contributed by atoms with van der Waals surface area (Å²) >= 11 is 0. The first-order valence-corrected chi connectivity index (χ1v) is 8.48. The van der Waals surface area contributed by atoms with E-state index in [2.05, 4.69) is 17.0 Å². The van der Waals surface area contributed by atoms with Crippen LogP contribution in [0.25, 0.3) is 0 Å². The molecule has 0 atom stereocenters. The van der Waals surface area contributed by atoms with Crippen LogP contribution in [0.4, 0.5) is 0 Å². The summed E-state index contributed by atoms with van der Waals surface area (Å²) in [6.07, 6.45) is 2.90. The molecule has 0 aromatic rings. The van der Waals surface area contributed by atoms with Crippen molar-refractivity contribution >= 4 is 10.2 Å². The average molecular weight is 295 g/mol. The molecule has 0 saturated heterocycles. The van der Waals surface area contributed by atoms with Crippen LogP contribution in [-0.2, 0) is 14.9 Å². The summed E-state index contributed by atoms with van der Waals surface area (Å²) in [4.78, 5) is 0. The van der Waals surface area contributed by atoms with Crippen LogP contribution in [-0.4, -0.2) is 59.2 Å². The Kier molecular flexibility index (Phi) is 11.5. The van der Waals surface area contributed by atoms with Crippen LogP contribution < -0.4 is 10.0 Å². The van der Waals surface area contributed by atoms with Crippen molar-refractivity contribution in [2.45, 2.75) is 33.1 Å². The van der Waals surface area contributed by atoms with Crippen molar-refractivity contribution in [3.05, 3.63) is 0 Å². The third kappa shape index (κ3) is 10.3. The van der Waals surface area contributed by atoms with Gasteiger partial charge in [0, 0.05) is 26.7 Å². The summed E-state index contributed by atoms with van der Waals surface area (Å²) in [6, 6.07) is 0. The summed E-state index contributed by atoms with van der Waals surface area (Å²) in [6.45, 7) is 7.80. The SMILES string of the molecule is CCCCOCCNS(=O)(=O)N(C)CCCNCC. The normalized spacial score (nSPS) is 12.2. The van der Waals surface area contributed by atoms with Crippen molar-refractivity contribution in [3.8, 4) is 0 Å². The Morgan fingerprint density at radius 2 is 1.84 bits per heavy atom. The lowest BCUT2D eigenvalue weighted by molar-refractivity contribution is 0.136. The number of unbranched alkanes of at least 4 members (excludes halogenated alkanes) is 1. The zero-order valence-electron chi connectivity index (χ0n) is 12.4. The first kappa shape index (κ1) is 18.8. The van der Waals surface area contributed by atoms with Crippen molar-refractivity contribution in [2.75, 3.05) is 46.4 Å². The Morgan fingerprint density at radius 3 is 2.47 bits per heavy atom. The highest BCUT2D eigenvalue weighted by Crippen LogP contribution is 1.95. The predicted molar refractivity (Wildman–Crippen MR) is 78.4 cm³/mol. The molecule has 0 amide bonds. The fraction of sp³-hybridized carbons (Fsp3) is 1.00. The molecule has 0 saturated carbocycles. The standard InChI is InChI=1S/C12H29N3O3S/c1-4-6-11-18-12-9-14-19(16,17)15(3)10-7-8-13-5-2/h13-14H,4-12H2,1-3H3. The van der Waals surface area contributed by atoms with E-state index in [0.717, 1.165) is 32.4 Å². The number of nitrogens with zero attached hydrogens (tertiary/aromatic N) is 1. The number of ether oxygens (including phenoxy) is 1. The highest BCUT2D eigenvalue weighted by molar-refractivity contribution is 7.87. The van der Waals surface area contributed by atoms with E-state index in [-0.39, 0.29) is 0 Å². The number of hydrogen-bond donors (Lipinski definition) is 2. The van der Waals surface area contributed by atoms with Gasteiger partial charge in [0.15, 0.2) is 0 Å². The quantitative estimate of drug-likeness (QED) is 0.487. The summed E-state index contributed by atoms with van der Waals surface area (Å²) in [7, 11) is -1.78. The third-order valence-electron chi connectivity index (χ3n) is 2.66. The van der Waals surface area contributed by atoms with E-state index < -0.39 is 10.2 Å². The van der Waals surface area contributed by atoms with Gasteiger partial charge >= 0.3 is 0 Å². The second-order valence-corrected chi connectivity index (χ2v) is 6.26. The lowest BCUT2D eigenvalue weighted by Crippen LogP contribution is -2.40. The molecular weight excluding hydrogens is 266 g/mol. The number of nitrogens with one attached hydrogen (secondary N) is 2. The zero-order chi connectivity index (χ0) is 14.6. The lowest BCUT2D eigenvalue weighted by Gasteiger charge is -2.17. The minimum atomic E-state index is -3.36. The molecule has 0 rings (SSSR count). The number of hydrogen-bond acceptors (Lipinski definition) is 4. The molecule has 6 nitrogen and oxygen atoms in total. The maximum atomic E-state index is 11.8. The maximum absolute atomic E-state index is 11.8. The zero-order valence-corrected chi connectivity index (χ0v) is 13.3. The number of rotatable bonds is 13. The second-order valence-electron chi connectivity index (χ2n) is 4.39. The summed E-state index contributed by atoms with van der Waals surface area (Å²) in [5.74, 6) is 0. The molecule has 0 heterocycles. The smallest absolute Gasteiger partial charge is 0.279 e. The fourth-order valence-electron chi connectivity index (χ4n) is 1.43. The molecular formula is C12H29N3O3S. The van der Waals surface area contributed by atoms with E-state index in [1.54, 1.807) is 7.05 Å². The minimum absolute atomic E-state index is 0.323. The van der Waals surface area contributed by atoms with E-state index >= 15 is 0 Å². The van der Waals surface area contributed by atoms with Gasteiger partial charge in [-0.2, -0.15) is 17.4 Å². The molecule has 0 aromatic heterocycles. The van der Waals surface area contributed by atoms with Crippen LogP contribution in [0.2, 0.25) is 0 Å². The molecule has 0 aromatic carbocycles. The molecule has 19 heavy (non-hydrogen) atoms. The molecule has 0 aliphatic rings. The monoisotopic (exact) mass is 295 g/mol. The van der Waals surface area contributed by atoms with Gasteiger partial charge in [-0.1, -0.05) is 20.3 Å². The van der Waals surface area contributed by atoms with Gasteiger partial charge in [0.1, 0.15) is 0 Å². The van der Waals surface area contributed by atoms with Crippen LogP contribution in [0, 0.1) is 0 Å². The molecule has 116 valence electrons. The first-order chi connectivity index (χ1) is 9.04. The molecule has 0 aliphatic heterocycles. The van der Waals surface area contributed by atoms with E-state index in [1.165, 1.54) is 4.31 Å². The van der Waals surface area contributed by atoms with Gasteiger partial charge < -0.3 is 10.1 Å². The molecule has 2 N–H and O–H groups in total. The lowest BCUT2D eigenvalue weighted by atomic mass is 10.4. The van der Waals surface area contributed by atoms with Gasteiger partial charge in [-0.15, -0.1) is 0 Å². The van der Waals surface area contributed by atoms with E-state index in [0.29, 0.717) is 26.3 Å². The highest BCUT2D eigenvalue weighted by atomic mass is 32.2. The molecule has 7 heteroatoms. The summed E-state index contributed by atoms with van der Waals surface area (Å²) in [5.41, 5.74) is 0. The predicted octanol–water partition coefficient (Wildman–Crippen LogP) is 0.569. The van der Waals surface area contributed by atoms with Gasteiger partial charge in [0.05, 0.1) is 6.61 Å². The molecule has 0 aliphatic carbocycles. The largest absolute Gasteiger partial charge is 0.380 e. The van der Waals surface area contributed by atoms with Crippen molar-refractivity contribution in [1.29, 1.82) is 0 Å². The van der Waals surface area contributed by atoms with Crippen LogP contribution in [0.5, 0.6) is 0 Å². The van der Waals surface area contributed by atoms with E-state index in [4.69, 9.17) is 4.74 Å². The molecule has 0 spiro atoms. The average Bonchev–Trinajstić information content (AvgIpc) is 2.38. The van der Waals surface area contributed by atoms with Crippen molar-refractivity contribution in [3.63, 3.8) is 0 Å². The van der Waals surface area contributed by atoms with Crippen molar-refractivity contribution in [2.24, 2.45) is 0 Å². The van der Waals surface area contributed by atoms with Gasteiger partial charge in [-0.25, -0.2) is 0 Å². The molecule has 0 unspecified atom stereocenters.